The minimum absolute atomic E-state index is 0.103. The Morgan fingerprint density at radius 2 is 0.393 bits per heavy atom. The summed E-state index contributed by atoms with van der Waals surface area (Å²) < 4.78 is 72.1. The Morgan fingerprint density at radius 1 is 0.179 bits per heavy atom. The van der Waals surface area contributed by atoms with Gasteiger partial charge in [0.05, 0.1) is 76.3 Å². The lowest BCUT2D eigenvalue weighted by Gasteiger charge is -2.38. The number of hydrogen-bond acceptors (Lipinski definition) is 12. The van der Waals surface area contributed by atoms with E-state index in [0.29, 0.717) is 72.1 Å². The van der Waals surface area contributed by atoms with Gasteiger partial charge in [0.2, 0.25) is 0 Å². The SMILES string of the molecule is CCCC1CCOC([C@H]2CC[C@H](CCC)CC2)O1.CCCCC1CCOC([C@H]2CC[C@H](CCC)CC2)O1.CCCCCC1CCOC([C@H]2CC[C@H](CCC)CC2)O1.CCCCCCCC1CCOC([C@H]2CC[C@H](CCC)CC2)O1.CCC[C@H]1CC[C@H](C2OCCC(C)O2)CC1.CCC[C@H]1CC[C@H](C2OCCC(CC)O2)CC1. The molecule has 12 aliphatic rings. The Balaban J connectivity index is 0.000000187. The standard InChI is InChI=1S/C20H38O2.C18H34O2.C17H32O2.C16H30O2.C15H28O2.C14H26O2/c1-3-5-6-7-8-10-19-15-16-21-20(22-19)18-13-11-17(9-4-2)12-14-18;1-3-5-6-8-17-13-14-19-18(20-17)16-11-9-15(7-4-2)10-12-16;1-3-5-7-16-12-13-18-17(19-16)15-10-8-14(6-4-2)9-11-15;1-3-5-13-7-9-14(10-8-13)16-17-12-11-15(18-16)6-4-2;1-3-5-12-6-8-13(9-7-12)15-16-11-10-14(4-2)17-15;1-3-4-12-5-7-13(8-6-12)14-15-10-9-11(2)16-14/h17-20H,3-16H2,1-2H3;15-18H,3-14H2,1-2H3;14-17H,3-13H2,1-2H3;13-16H,3-12H2,1-2H3;12-15H,3-11H2,1-2H3;11-14H,3-10H2,1-2H3/t17-,18-,19?,20?;15-,16-,17?,18?;14-,15-,16?,17?;13-,14-,15?,16?;12-,13-,14?,15?;11?,12-,13-,14?. The van der Waals surface area contributed by atoms with E-state index in [1.54, 1.807) is 0 Å². The van der Waals surface area contributed by atoms with Crippen molar-refractivity contribution in [1.82, 2.24) is 0 Å². The molecule has 12 rings (SSSR count). The highest BCUT2D eigenvalue weighted by atomic mass is 16.7. The fourth-order valence-electron chi connectivity index (χ4n) is 21.7. The molecule has 0 bridgehead atoms. The van der Waals surface area contributed by atoms with Crippen LogP contribution in [0.3, 0.4) is 0 Å². The van der Waals surface area contributed by atoms with Crippen molar-refractivity contribution in [3.05, 3.63) is 0 Å². The van der Waals surface area contributed by atoms with Gasteiger partial charge in [0.1, 0.15) is 0 Å². The van der Waals surface area contributed by atoms with Crippen LogP contribution in [0.4, 0.5) is 0 Å². The van der Waals surface area contributed by atoms with Crippen molar-refractivity contribution < 1.29 is 56.8 Å². The summed E-state index contributed by atoms with van der Waals surface area (Å²) in [6.07, 6.45) is 79.4. The Bertz CT molecular complexity index is 2140. The van der Waals surface area contributed by atoms with E-state index < -0.39 is 0 Å². The summed E-state index contributed by atoms with van der Waals surface area (Å²) in [5, 5.41) is 0. The summed E-state index contributed by atoms with van der Waals surface area (Å²) in [4.78, 5) is 0. The molecule has 12 fully saturated rings. The molecule has 6 aliphatic carbocycles. The van der Waals surface area contributed by atoms with Gasteiger partial charge in [-0.1, -0.05) is 224 Å². The molecule has 112 heavy (non-hydrogen) atoms. The summed E-state index contributed by atoms with van der Waals surface area (Å²) in [6, 6.07) is 0. The molecule has 12 nitrogen and oxygen atoms in total. The van der Waals surface area contributed by atoms with Crippen LogP contribution in [-0.2, 0) is 56.8 Å². The molecule has 0 amide bonds. The van der Waals surface area contributed by atoms with Crippen molar-refractivity contribution in [2.75, 3.05) is 39.6 Å². The minimum atomic E-state index is 0.103. The van der Waals surface area contributed by atoms with E-state index in [1.165, 1.54) is 327 Å². The van der Waals surface area contributed by atoms with Crippen molar-refractivity contribution in [2.45, 2.75) is 530 Å². The van der Waals surface area contributed by atoms with Crippen LogP contribution in [0.25, 0.3) is 0 Å². The molecular weight excluding hydrogens is 1390 g/mol. The molecule has 0 aromatic heterocycles. The molecule has 12 heteroatoms. The van der Waals surface area contributed by atoms with Crippen LogP contribution in [0.2, 0.25) is 0 Å². The normalized spacial score (nSPS) is 36.8. The lowest BCUT2D eigenvalue weighted by Crippen LogP contribution is -2.38. The molecule has 12 unspecified atom stereocenters. The summed E-state index contributed by atoms with van der Waals surface area (Å²) in [7, 11) is 0. The molecule has 6 saturated heterocycles. The van der Waals surface area contributed by atoms with Gasteiger partial charge in [-0.25, -0.2) is 0 Å². The van der Waals surface area contributed by atoms with E-state index >= 15 is 0 Å². The molecule has 0 radical (unpaired) electrons. The highest BCUT2D eigenvalue weighted by Gasteiger charge is 2.39. The van der Waals surface area contributed by atoms with E-state index in [0.717, 1.165) is 120 Å². The van der Waals surface area contributed by atoms with Crippen LogP contribution in [0.5, 0.6) is 0 Å². The predicted molar refractivity (Wildman–Crippen MR) is 465 cm³/mol. The average molecular weight is 1580 g/mol. The largest absolute Gasteiger partial charge is 0.352 e. The first-order valence-corrected chi connectivity index (χ1v) is 50.6. The van der Waals surface area contributed by atoms with Gasteiger partial charge in [-0.15, -0.1) is 0 Å². The first-order chi connectivity index (χ1) is 54.9. The first-order valence-electron chi connectivity index (χ1n) is 50.6. The smallest absolute Gasteiger partial charge is 0.160 e. The first kappa shape index (κ1) is 98.6. The zero-order valence-electron chi connectivity index (χ0n) is 76.0. The van der Waals surface area contributed by atoms with Crippen LogP contribution in [0.1, 0.15) is 455 Å². The number of rotatable bonds is 34. The van der Waals surface area contributed by atoms with Gasteiger partial charge in [0.15, 0.2) is 37.7 Å². The van der Waals surface area contributed by atoms with Gasteiger partial charge in [-0.3, -0.25) is 0 Å². The van der Waals surface area contributed by atoms with E-state index in [1.807, 2.05) is 0 Å². The maximum Gasteiger partial charge on any atom is 0.160 e. The van der Waals surface area contributed by atoms with E-state index in [2.05, 4.69) is 83.1 Å². The minimum Gasteiger partial charge on any atom is -0.352 e. The van der Waals surface area contributed by atoms with Crippen LogP contribution in [0, 0.1) is 71.0 Å². The quantitative estimate of drug-likeness (QED) is 0.0572. The van der Waals surface area contributed by atoms with Crippen LogP contribution in [0.15, 0.2) is 0 Å². The fourth-order valence-corrected chi connectivity index (χ4v) is 21.7. The Hall–Kier alpha value is -0.480. The van der Waals surface area contributed by atoms with Gasteiger partial charge in [-0.2, -0.15) is 0 Å². The van der Waals surface area contributed by atoms with Gasteiger partial charge in [0, 0.05) is 35.5 Å². The summed E-state index contributed by atoms with van der Waals surface area (Å²) in [6.45, 7) is 32.7. The van der Waals surface area contributed by atoms with Crippen molar-refractivity contribution in [3.8, 4) is 0 Å². The number of ether oxygens (including phenoxy) is 12. The summed E-state index contributed by atoms with van der Waals surface area (Å²) in [5.41, 5.74) is 0. The molecule has 0 spiro atoms. The topological polar surface area (TPSA) is 111 Å². The molecular formula is C100H188O12. The van der Waals surface area contributed by atoms with Gasteiger partial charge in [0.25, 0.3) is 0 Å². The molecule has 0 aromatic carbocycles. The van der Waals surface area contributed by atoms with Gasteiger partial charge < -0.3 is 56.8 Å². The third kappa shape index (κ3) is 38.7. The van der Waals surface area contributed by atoms with Crippen molar-refractivity contribution >= 4 is 0 Å². The van der Waals surface area contributed by atoms with E-state index in [9.17, 15) is 0 Å². The molecule has 6 saturated carbocycles. The van der Waals surface area contributed by atoms with E-state index in [-0.39, 0.29) is 37.7 Å². The van der Waals surface area contributed by atoms with Gasteiger partial charge >= 0.3 is 0 Å². The molecule has 6 aliphatic heterocycles. The monoisotopic (exact) mass is 1580 g/mol. The third-order valence-electron chi connectivity index (χ3n) is 29.0. The Labute approximate surface area is 693 Å². The second-order valence-electron chi connectivity index (χ2n) is 38.4. The maximum atomic E-state index is 6.31. The molecule has 12 atom stereocenters. The predicted octanol–water partition coefficient (Wildman–Crippen LogP) is 28.7. The van der Waals surface area contributed by atoms with Crippen molar-refractivity contribution in [2.24, 2.45) is 71.0 Å². The van der Waals surface area contributed by atoms with Crippen LogP contribution < -0.4 is 0 Å². The zero-order valence-corrected chi connectivity index (χ0v) is 76.0. The molecule has 6 heterocycles. The van der Waals surface area contributed by atoms with Crippen LogP contribution in [-0.4, -0.2) is 114 Å². The second kappa shape index (κ2) is 60.9. The number of hydrogen-bond donors (Lipinski definition) is 0. The maximum absolute atomic E-state index is 6.31. The average Bonchev–Trinajstić information content (AvgIpc) is 0.883. The number of unbranched alkanes of at least 4 members (excludes halogenated alkanes) is 7. The van der Waals surface area contributed by atoms with Crippen molar-refractivity contribution in [3.63, 3.8) is 0 Å². The molecule has 0 aromatic rings. The summed E-state index contributed by atoms with van der Waals surface area (Å²) >= 11 is 0. The van der Waals surface area contributed by atoms with Crippen LogP contribution >= 0.6 is 0 Å². The Morgan fingerprint density at radius 3 is 0.652 bits per heavy atom. The third-order valence-corrected chi connectivity index (χ3v) is 29.0. The molecule has 660 valence electrons. The summed E-state index contributed by atoms with van der Waals surface area (Å²) in [5.74, 6) is 9.82. The molecule has 0 N–H and O–H groups in total. The highest BCUT2D eigenvalue weighted by molar-refractivity contribution is 4.84. The van der Waals surface area contributed by atoms with E-state index in [4.69, 9.17) is 56.8 Å². The second-order valence-corrected chi connectivity index (χ2v) is 38.4. The van der Waals surface area contributed by atoms with Gasteiger partial charge in [-0.05, 0) is 267 Å². The lowest BCUT2D eigenvalue weighted by atomic mass is 9.79. The Kier molecular flexibility index (Phi) is 53.6. The lowest BCUT2D eigenvalue weighted by molar-refractivity contribution is -0.241. The zero-order chi connectivity index (χ0) is 79.6. The highest BCUT2D eigenvalue weighted by Crippen LogP contribution is 2.43. The fraction of sp³-hybridized carbons (Fsp3) is 1.00. The van der Waals surface area contributed by atoms with Crippen molar-refractivity contribution in [1.29, 1.82) is 0 Å².